The molecule has 1 amide bonds. The van der Waals surface area contributed by atoms with Crippen molar-refractivity contribution in [3.05, 3.63) is 58.3 Å². The van der Waals surface area contributed by atoms with Crippen molar-refractivity contribution in [3.63, 3.8) is 0 Å². The smallest absolute Gasteiger partial charge is 0.264 e. The molecule has 1 aliphatic heterocycles. The third kappa shape index (κ3) is 3.52. The third-order valence-corrected chi connectivity index (χ3v) is 4.68. The van der Waals surface area contributed by atoms with Crippen LogP contribution in [0.2, 0.25) is 0 Å². The van der Waals surface area contributed by atoms with Crippen molar-refractivity contribution in [2.24, 2.45) is 0 Å². The summed E-state index contributed by atoms with van der Waals surface area (Å²) in [5.41, 5.74) is 1.26. The van der Waals surface area contributed by atoms with E-state index < -0.39 is 0 Å². The molecule has 0 radical (unpaired) electrons. The largest absolute Gasteiger partial charge is 0.379 e. The average Bonchev–Trinajstić information content (AvgIpc) is 3.22. The van der Waals surface area contributed by atoms with Gasteiger partial charge in [0, 0.05) is 13.2 Å². The molecule has 4 heteroatoms. The summed E-state index contributed by atoms with van der Waals surface area (Å²) in [6.45, 7) is 2.16. The molecule has 0 saturated carbocycles. The van der Waals surface area contributed by atoms with Crippen LogP contribution in [-0.4, -0.2) is 36.6 Å². The van der Waals surface area contributed by atoms with Crippen LogP contribution in [0.25, 0.3) is 0 Å². The quantitative estimate of drug-likeness (QED) is 0.848. The highest BCUT2D eigenvalue weighted by Gasteiger charge is 2.28. The lowest BCUT2D eigenvalue weighted by Gasteiger charge is -2.27. The van der Waals surface area contributed by atoms with E-state index in [1.54, 1.807) is 0 Å². The molecule has 3 rings (SSSR count). The van der Waals surface area contributed by atoms with Crippen molar-refractivity contribution in [2.75, 3.05) is 19.8 Å². The number of rotatable bonds is 5. The molecule has 1 aliphatic rings. The zero-order valence-electron chi connectivity index (χ0n) is 11.9. The Bertz CT molecular complexity index is 562. The molecule has 21 heavy (non-hydrogen) atoms. The number of thiophene rings is 1. The van der Waals surface area contributed by atoms with Gasteiger partial charge in [0.1, 0.15) is 0 Å². The Morgan fingerprint density at radius 3 is 2.76 bits per heavy atom. The topological polar surface area (TPSA) is 29.5 Å². The van der Waals surface area contributed by atoms with Gasteiger partial charge in [-0.25, -0.2) is 0 Å². The minimum atomic E-state index is 0.136. The lowest BCUT2D eigenvalue weighted by molar-refractivity contribution is 0.0661. The van der Waals surface area contributed by atoms with Gasteiger partial charge in [-0.05, 0) is 29.9 Å². The lowest BCUT2D eigenvalue weighted by Crippen LogP contribution is -2.41. The molecular weight excluding hydrogens is 282 g/mol. The van der Waals surface area contributed by atoms with Gasteiger partial charge in [-0.3, -0.25) is 4.79 Å². The lowest BCUT2D eigenvalue weighted by atomic mass is 10.1. The van der Waals surface area contributed by atoms with Crippen LogP contribution in [-0.2, 0) is 11.2 Å². The maximum atomic E-state index is 12.7. The van der Waals surface area contributed by atoms with Crippen LogP contribution in [0.1, 0.15) is 21.7 Å². The van der Waals surface area contributed by atoms with Gasteiger partial charge in [-0.1, -0.05) is 36.4 Å². The predicted octanol–water partition coefficient (Wildman–Crippen LogP) is 3.22. The van der Waals surface area contributed by atoms with Crippen LogP contribution in [0.3, 0.4) is 0 Å². The summed E-state index contributed by atoms with van der Waals surface area (Å²) in [5.74, 6) is 0.136. The normalized spacial score (nSPS) is 17.8. The van der Waals surface area contributed by atoms with Gasteiger partial charge in [-0.15, -0.1) is 11.3 Å². The van der Waals surface area contributed by atoms with Crippen LogP contribution in [0, 0.1) is 0 Å². The molecule has 3 nitrogen and oxygen atoms in total. The Balaban J connectivity index is 1.71. The van der Waals surface area contributed by atoms with E-state index in [1.165, 1.54) is 16.9 Å². The van der Waals surface area contributed by atoms with E-state index in [2.05, 4.69) is 12.1 Å². The Morgan fingerprint density at radius 1 is 1.24 bits per heavy atom. The molecule has 0 unspecified atom stereocenters. The van der Waals surface area contributed by atoms with E-state index in [-0.39, 0.29) is 11.9 Å². The van der Waals surface area contributed by atoms with Crippen LogP contribution in [0.5, 0.6) is 0 Å². The maximum Gasteiger partial charge on any atom is 0.264 e. The summed E-state index contributed by atoms with van der Waals surface area (Å²) in [6, 6.07) is 14.4. The molecule has 0 spiro atoms. The number of nitrogens with zero attached hydrogens (tertiary/aromatic N) is 1. The summed E-state index contributed by atoms with van der Waals surface area (Å²) < 4.78 is 5.47. The monoisotopic (exact) mass is 301 g/mol. The highest BCUT2D eigenvalue weighted by atomic mass is 32.1. The van der Waals surface area contributed by atoms with Crippen LogP contribution >= 0.6 is 11.3 Å². The number of amides is 1. The molecule has 0 bridgehead atoms. The number of carbonyl (C=O) groups excluding carboxylic acids is 1. The SMILES string of the molecule is O=C(c1cccs1)N(CCc1ccccc1)[C@@H]1CCOC1. The van der Waals surface area contributed by atoms with Crippen molar-refractivity contribution in [3.8, 4) is 0 Å². The van der Waals surface area contributed by atoms with Gasteiger partial charge in [-0.2, -0.15) is 0 Å². The number of carbonyl (C=O) groups is 1. The fraction of sp³-hybridized carbons (Fsp3) is 0.353. The number of hydrogen-bond donors (Lipinski definition) is 0. The van der Waals surface area contributed by atoms with Gasteiger partial charge in [0.15, 0.2) is 0 Å². The fourth-order valence-corrected chi connectivity index (χ4v) is 3.33. The van der Waals surface area contributed by atoms with E-state index in [0.29, 0.717) is 6.61 Å². The Hall–Kier alpha value is -1.65. The van der Waals surface area contributed by atoms with Crippen molar-refractivity contribution in [1.29, 1.82) is 0 Å². The van der Waals surface area contributed by atoms with Crippen molar-refractivity contribution in [1.82, 2.24) is 4.90 Å². The Kier molecular flexibility index (Phi) is 4.68. The average molecular weight is 301 g/mol. The first kappa shape index (κ1) is 14.3. The van der Waals surface area contributed by atoms with Gasteiger partial charge in [0.25, 0.3) is 5.91 Å². The number of hydrogen-bond acceptors (Lipinski definition) is 3. The van der Waals surface area contributed by atoms with Crippen molar-refractivity contribution in [2.45, 2.75) is 18.9 Å². The zero-order chi connectivity index (χ0) is 14.5. The first-order valence-corrected chi connectivity index (χ1v) is 8.19. The summed E-state index contributed by atoms with van der Waals surface area (Å²) in [5, 5.41) is 1.95. The van der Waals surface area contributed by atoms with E-state index in [0.717, 1.165) is 30.9 Å². The standard InChI is InChI=1S/C17H19NO2S/c19-17(16-7-4-12-21-16)18(15-9-11-20-13-15)10-8-14-5-2-1-3-6-14/h1-7,12,15H,8-11,13H2/t15-/m1/s1. The minimum Gasteiger partial charge on any atom is -0.379 e. The molecule has 0 N–H and O–H groups in total. The van der Waals surface area contributed by atoms with Gasteiger partial charge in [0.05, 0.1) is 17.5 Å². The van der Waals surface area contributed by atoms with Gasteiger partial charge >= 0.3 is 0 Å². The summed E-state index contributed by atoms with van der Waals surface area (Å²) in [4.78, 5) is 15.5. The molecule has 0 aliphatic carbocycles. The van der Waals surface area contributed by atoms with Crippen molar-refractivity contribution >= 4 is 17.2 Å². The molecule has 1 aromatic heterocycles. The number of benzene rings is 1. The Labute approximate surface area is 129 Å². The molecule has 110 valence electrons. The summed E-state index contributed by atoms with van der Waals surface area (Å²) >= 11 is 1.51. The molecule has 1 fully saturated rings. The second-order valence-electron chi connectivity index (χ2n) is 5.23. The predicted molar refractivity (Wildman–Crippen MR) is 84.7 cm³/mol. The van der Waals surface area contributed by atoms with Crippen LogP contribution < -0.4 is 0 Å². The third-order valence-electron chi connectivity index (χ3n) is 3.82. The maximum absolute atomic E-state index is 12.7. The van der Waals surface area contributed by atoms with Crippen LogP contribution in [0.15, 0.2) is 47.8 Å². The second kappa shape index (κ2) is 6.87. The minimum absolute atomic E-state index is 0.136. The molecule has 2 aromatic rings. The van der Waals surface area contributed by atoms with E-state index in [9.17, 15) is 4.79 Å². The molecule has 1 saturated heterocycles. The fourth-order valence-electron chi connectivity index (χ4n) is 2.65. The van der Waals surface area contributed by atoms with Gasteiger partial charge < -0.3 is 9.64 Å². The van der Waals surface area contributed by atoms with E-state index in [4.69, 9.17) is 4.74 Å². The second-order valence-corrected chi connectivity index (χ2v) is 6.18. The first-order chi connectivity index (χ1) is 10.3. The molecule has 1 atom stereocenters. The zero-order valence-corrected chi connectivity index (χ0v) is 12.7. The highest BCUT2D eigenvalue weighted by molar-refractivity contribution is 7.12. The Morgan fingerprint density at radius 2 is 2.10 bits per heavy atom. The highest BCUT2D eigenvalue weighted by Crippen LogP contribution is 2.19. The van der Waals surface area contributed by atoms with Crippen molar-refractivity contribution < 1.29 is 9.53 Å². The summed E-state index contributed by atoms with van der Waals surface area (Å²) in [7, 11) is 0. The van der Waals surface area contributed by atoms with Crippen LogP contribution in [0.4, 0.5) is 0 Å². The molecule has 2 heterocycles. The van der Waals surface area contributed by atoms with Gasteiger partial charge in [0.2, 0.25) is 0 Å². The van der Waals surface area contributed by atoms with E-state index in [1.807, 2.05) is 40.6 Å². The number of ether oxygens (including phenoxy) is 1. The molecule has 1 aromatic carbocycles. The molecular formula is C17H19NO2S. The summed E-state index contributed by atoms with van der Waals surface area (Å²) in [6.07, 6.45) is 1.82. The first-order valence-electron chi connectivity index (χ1n) is 7.31. The van der Waals surface area contributed by atoms with E-state index >= 15 is 0 Å².